The summed E-state index contributed by atoms with van der Waals surface area (Å²) < 4.78 is 7.82. The summed E-state index contributed by atoms with van der Waals surface area (Å²) in [4.78, 5) is 49.5. The number of piperidine rings is 1. The second-order valence-electron chi connectivity index (χ2n) is 8.31. The summed E-state index contributed by atoms with van der Waals surface area (Å²) in [6, 6.07) is 7.28. The van der Waals surface area contributed by atoms with Crippen LogP contribution in [0, 0.1) is 5.92 Å². The van der Waals surface area contributed by atoms with Crippen LogP contribution in [0.4, 0.5) is 0 Å². The first-order valence-corrected chi connectivity index (χ1v) is 11.8. The molecule has 1 aromatic carbocycles. The van der Waals surface area contributed by atoms with E-state index in [2.05, 4.69) is 16.9 Å². The van der Waals surface area contributed by atoms with Crippen LogP contribution in [0.2, 0.25) is 0 Å². The molecule has 1 aliphatic heterocycles. The quantitative estimate of drug-likeness (QED) is 0.417. The van der Waals surface area contributed by atoms with Crippen LogP contribution in [-0.4, -0.2) is 55.9 Å². The smallest absolute Gasteiger partial charge is 0.332 e. The monoisotopic (exact) mass is 469 g/mol. The molecule has 174 valence electrons. The molecule has 0 N–H and O–H groups in total. The largest absolute Gasteiger partial charge is 0.496 e. The predicted octanol–water partition coefficient (Wildman–Crippen LogP) is 2.05. The summed E-state index contributed by atoms with van der Waals surface area (Å²) in [6.45, 7) is 3.69. The van der Waals surface area contributed by atoms with E-state index in [4.69, 9.17) is 4.74 Å². The van der Waals surface area contributed by atoms with Crippen LogP contribution in [0.25, 0.3) is 22.4 Å². The van der Waals surface area contributed by atoms with Gasteiger partial charge in [-0.05, 0) is 30.9 Å². The normalized spacial score (nSPS) is 14.6. The van der Waals surface area contributed by atoms with Crippen molar-refractivity contribution in [1.29, 1.82) is 0 Å². The molecule has 1 saturated heterocycles. The summed E-state index contributed by atoms with van der Waals surface area (Å²) in [5.74, 6) is 1.68. The SMILES string of the molecule is COc1ccccc1-c1nc(SCC(=O)N2CCC(C)CC2)c2c(=O)n(C)c(=O)n(C)c2n1. The molecule has 0 unspecified atom stereocenters. The summed E-state index contributed by atoms with van der Waals surface area (Å²) in [7, 11) is 4.55. The number of benzene rings is 1. The lowest BCUT2D eigenvalue weighted by atomic mass is 9.99. The van der Waals surface area contributed by atoms with E-state index in [1.807, 2.05) is 23.1 Å². The number of nitrogens with zero attached hydrogens (tertiary/aromatic N) is 5. The molecule has 10 heteroatoms. The highest BCUT2D eigenvalue weighted by atomic mass is 32.2. The van der Waals surface area contributed by atoms with Crippen molar-refractivity contribution in [2.24, 2.45) is 20.0 Å². The highest BCUT2D eigenvalue weighted by Gasteiger charge is 2.23. The van der Waals surface area contributed by atoms with Gasteiger partial charge in [-0.3, -0.25) is 18.7 Å². The van der Waals surface area contributed by atoms with E-state index in [9.17, 15) is 14.4 Å². The zero-order valence-corrected chi connectivity index (χ0v) is 20.0. The summed E-state index contributed by atoms with van der Waals surface area (Å²) in [6.07, 6.45) is 1.99. The minimum absolute atomic E-state index is 0.0131. The highest BCUT2D eigenvalue weighted by molar-refractivity contribution is 8.00. The number of ether oxygens (including phenoxy) is 1. The molecule has 0 atom stereocenters. The maximum Gasteiger partial charge on any atom is 0.332 e. The van der Waals surface area contributed by atoms with E-state index >= 15 is 0 Å². The molecule has 0 saturated carbocycles. The van der Waals surface area contributed by atoms with Gasteiger partial charge in [-0.25, -0.2) is 14.8 Å². The maximum atomic E-state index is 13.0. The van der Waals surface area contributed by atoms with Gasteiger partial charge in [0.2, 0.25) is 5.91 Å². The minimum Gasteiger partial charge on any atom is -0.496 e. The fourth-order valence-corrected chi connectivity index (χ4v) is 4.88. The molecule has 0 radical (unpaired) electrons. The Morgan fingerprint density at radius 2 is 1.82 bits per heavy atom. The average molecular weight is 470 g/mol. The van der Waals surface area contributed by atoms with Gasteiger partial charge < -0.3 is 9.64 Å². The van der Waals surface area contributed by atoms with Gasteiger partial charge in [-0.15, -0.1) is 0 Å². The van der Waals surface area contributed by atoms with E-state index in [1.165, 1.54) is 23.4 Å². The lowest BCUT2D eigenvalue weighted by Crippen LogP contribution is -2.39. The van der Waals surface area contributed by atoms with Gasteiger partial charge >= 0.3 is 5.69 Å². The van der Waals surface area contributed by atoms with Gasteiger partial charge in [0.15, 0.2) is 11.5 Å². The zero-order chi connectivity index (χ0) is 23.7. The first-order valence-electron chi connectivity index (χ1n) is 10.8. The van der Waals surface area contributed by atoms with Gasteiger partial charge in [0.25, 0.3) is 5.56 Å². The summed E-state index contributed by atoms with van der Waals surface area (Å²) in [5.41, 5.74) is -0.109. The Kier molecular flexibility index (Phi) is 6.55. The van der Waals surface area contributed by atoms with Gasteiger partial charge in [0.1, 0.15) is 16.2 Å². The molecule has 1 aliphatic rings. The number of aryl methyl sites for hydroxylation is 1. The maximum absolute atomic E-state index is 13.0. The standard InChI is InChI=1S/C23H27N5O4S/c1-14-9-11-28(12-10-14)17(29)13-33-21-18-20(26(2)23(31)27(3)22(18)30)24-19(25-21)15-7-5-6-8-16(15)32-4/h5-8,14H,9-13H2,1-4H3. The van der Waals surface area contributed by atoms with Gasteiger partial charge in [-0.2, -0.15) is 0 Å². The number of fused-ring (bicyclic) bond motifs is 1. The number of methoxy groups -OCH3 is 1. The second kappa shape index (κ2) is 9.38. The molecule has 3 aromatic rings. The van der Waals surface area contributed by atoms with Gasteiger partial charge in [0.05, 0.1) is 18.4 Å². The number of hydrogen-bond acceptors (Lipinski definition) is 7. The Morgan fingerprint density at radius 1 is 1.12 bits per heavy atom. The van der Waals surface area contributed by atoms with Crippen LogP contribution in [0.3, 0.4) is 0 Å². The fourth-order valence-electron chi connectivity index (χ4n) is 3.96. The Labute approximate surface area is 195 Å². The van der Waals surface area contributed by atoms with Crippen molar-refractivity contribution < 1.29 is 9.53 Å². The van der Waals surface area contributed by atoms with E-state index < -0.39 is 11.2 Å². The summed E-state index contributed by atoms with van der Waals surface area (Å²) >= 11 is 1.20. The van der Waals surface area contributed by atoms with Crippen LogP contribution >= 0.6 is 11.8 Å². The van der Waals surface area contributed by atoms with E-state index in [-0.39, 0.29) is 22.7 Å². The minimum atomic E-state index is -0.485. The number of aromatic nitrogens is 4. The zero-order valence-electron chi connectivity index (χ0n) is 19.2. The topological polar surface area (TPSA) is 99.3 Å². The molecule has 0 bridgehead atoms. The number of hydrogen-bond donors (Lipinski definition) is 0. The van der Waals surface area contributed by atoms with Crippen molar-refractivity contribution in [2.45, 2.75) is 24.8 Å². The third-order valence-electron chi connectivity index (χ3n) is 6.08. The Balaban J connectivity index is 1.80. The molecule has 1 fully saturated rings. The summed E-state index contributed by atoms with van der Waals surface area (Å²) in [5, 5.41) is 0.596. The lowest BCUT2D eigenvalue weighted by molar-refractivity contribution is -0.129. The molecule has 9 nitrogen and oxygen atoms in total. The number of likely N-dealkylation sites (tertiary alicyclic amines) is 1. The molecule has 33 heavy (non-hydrogen) atoms. The van der Waals surface area contributed by atoms with Crippen LogP contribution in [0.1, 0.15) is 19.8 Å². The highest BCUT2D eigenvalue weighted by Crippen LogP contribution is 2.31. The molecular weight excluding hydrogens is 442 g/mol. The van der Waals surface area contributed by atoms with E-state index in [1.54, 1.807) is 20.2 Å². The van der Waals surface area contributed by atoms with Crippen molar-refractivity contribution in [3.05, 3.63) is 45.1 Å². The molecule has 2 aromatic heterocycles. The van der Waals surface area contributed by atoms with Gasteiger partial charge in [0, 0.05) is 27.2 Å². The molecule has 0 aliphatic carbocycles. The Morgan fingerprint density at radius 3 is 2.52 bits per heavy atom. The molecule has 1 amide bonds. The van der Waals surface area contributed by atoms with E-state index in [0.717, 1.165) is 30.5 Å². The first kappa shape index (κ1) is 23.0. The molecule has 3 heterocycles. The second-order valence-corrected chi connectivity index (χ2v) is 9.27. The first-order chi connectivity index (χ1) is 15.8. The van der Waals surface area contributed by atoms with Crippen LogP contribution < -0.4 is 16.0 Å². The number of thioether (sulfide) groups is 1. The lowest BCUT2D eigenvalue weighted by Gasteiger charge is -2.30. The van der Waals surface area contributed by atoms with Crippen molar-refractivity contribution in [1.82, 2.24) is 24.0 Å². The van der Waals surface area contributed by atoms with Crippen molar-refractivity contribution in [3.63, 3.8) is 0 Å². The Bertz CT molecular complexity index is 1320. The van der Waals surface area contributed by atoms with Crippen molar-refractivity contribution in [2.75, 3.05) is 26.0 Å². The number of carbonyl (C=O) groups is 1. The number of amides is 1. The average Bonchev–Trinajstić information content (AvgIpc) is 2.84. The molecule has 0 spiro atoms. The number of carbonyl (C=O) groups excluding carboxylic acids is 1. The van der Waals surface area contributed by atoms with E-state index in [0.29, 0.717) is 28.1 Å². The predicted molar refractivity (Wildman–Crippen MR) is 128 cm³/mol. The van der Waals surface area contributed by atoms with Crippen LogP contribution in [-0.2, 0) is 18.9 Å². The number of para-hydroxylation sites is 1. The molecule has 4 rings (SSSR count). The molecular formula is C23H27N5O4S. The van der Waals surface area contributed by atoms with Crippen molar-refractivity contribution >= 4 is 28.7 Å². The van der Waals surface area contributed by atoms with Crippen LogP contribution in [0.15, 0.2) is 38.9 Å². The number of rotatable bonds is 5. The van der Waals surface area contributed by atoms with Gasteiger partial charge in [-0.1, -0.05) is 30.8 Å². The Hall–Kier alpha value is -3.14. The third kappa shape index (κ3) is 4.39. The van der Waals surface area contributed by atoms with Crippen molar-refractivity contribution in [3.8, 4) is 17.1 Å². The fraction of sp³-hybridized carbons (Fsp3) is 0.435. The van der Waals surface area contributed by atoms with Crippen LogP contribution in [0.5, 0.6) is 5.75 Å². The third-order valence-corrected chi connectivity index (χ3v) is 7.04.